The van der Waals surface area contributed by atoms with Crippen LogP contribution < -0.4 is 16.4 Å². The van der Waals surface area contributed by atoms with Crippen LogP contribution in [-0.2, 0) is 5.54 Å². The third kappa shape index (κ3) is 3.17. The Hall–Kier alpha value is -0.610. The van der Waals surface area contributed by atoms with Crippen molar-refractivity contribution < 1.29 is 0 Å². The molecule has 20 heavy (non-hydrogen) atoms. The van der Waals surface area contributed by atoms with E-state index in [1.54, 1.807) is 0 Å². The second-order valence-corrected chi connectivity index (χ2v) is 6.00. The molecule has 1 saturated carbocycles. The van der Waals surface area contributed by atoms with Crippen molar-refractivity contribution in [3.63, 3.8) is 0 Å². The van der Waals surface area contributed by atoms with Crippen LogP contribution in [0.1, 0.15) is 37.7 Å². The molecule has 0 bridgehead atoms. The molecule has 0 aromatic heterocycles. The Morgan fingerprint density at radius 3 is 2.85 bits per heavy atom. The van der Waals surface area contributed by atoms with Crippen molar-refractivity contribution in [1.29, 1.82) is 0 Å². The molecule has 1 aliphatic rings. The van der Waals surface area contributed by atoms with Gasteiger partial charge in [-0.2, -0.15) is 0 Å². The van der Waals surface area contributed by atoms with Gasteiger partial charge in [0.15, 0.2) is 0 Å². The SMILES string of the molecule is CN[C@]1(c2ccccc2Cl)CCCC[C@@H]1NCCCN. The van der Waals surface area contributed by atoms with E-state index in [2.05, 4.69) is 22.8 Å². The third-order valence-electron chi connectivity index (χ3n) is 4.48. The molecule has 0 unspecified atom stereocenters. The number of benzene rings is 1. The first-order valence-corrected chi connectivity index (χ1v) is 8.00. The Kier molecular flexibility index (Phi) is 5.85. The lowest BCUT2D eigenvalue weighted by molar-refractivity contribution is 0.178. The van der Waals surface area contributed by atoms with Crippen molar-refractivity contribution in [2.24, 2.45) is 5.73 Å². The highest BCUT2D eigenvalue weighted by molar-refractivity contribution is 6.31. The largest absolute Gasteiger partial charge is 0.330 e. The Morgan fingerprint density at radius 1 is 1.35 bits per heavy atom. The van der Waals surface area contributed by atoms with Gasteiger partial charge in [-0.1, -0.05) is 42.6 Å². The van der Waals surface area contributed by atoms with E-state index in [1.807, 2.05) is 19.2 Å². The average molecular weight is 296 g/mol. The maximum atomic E-state index is 6.46. The molecule has 4 N–H and O–H groups in total. The molecule has 1 aromatic carbocycles. The van der Waals surface area contributed by atoms with Crippen LogP contribution in [0.2, 0.25) is 5.02 Å². The molecule has 0 saturated heterocycles. The molecule has 0 heterocycles. The van der Waals surface area contributed by atoms with E-state index in [0.717, 1.165) is 31.0 Å². The van der Waals surface area contributed by atoms with Gasteiger partial charge in [-0.05, 0) is 51.0 Å². The van der Waals surface area contributed by atoms with Gasteiger partial charge in [0.1, 0.15) is 0 Å². The van der Waals surface area contributed by atoms with E-state index < -0.39 is 0 Å². The van der Waals surface area contributed by atoms with Crippen molar-refractivity contribution in [2.75, 3.05) is 20.1 Å². The molecule has 0 radical (unpaired) electrons. The van der Waals surface area contributed by atoms with Crippen LogP contribution in [0.4, 0.5) is 0 Å². The van der Waals surface area contributed by atoms with Crippen LogP contribution in [0.5, 0.6) is 0 Å². The zero-order chi connectivity index (χ0) is 14.4. The lowest BCUT2D eigenvalue weighted by atomic mass is 9.72. The minimum atomic E-state index is -0.0643. The van der Waals surface area contributed by atoms with E-state index in [-0.39, 0.29) is 5.54 Å². The van der Waals surface area contributed by atoms with E-state index in [0.29, 0.717) is 6.04 Å². The first-order valence-electron chi connectivity index (χ1n) is 7.62. The van der Waals surface area contributed by atoms with Gasteiger partial charge < -0.3 is 16.4 Å². The summed E-state index contributed by atoms with van der Waals surface area (Å²) in [5.41, 5.74) is 6.76. The summed E-state index contributed by atoms with van der Waals surface area (Å²) < 4.78 is 0. The van der Waals surface area contributed by atoms with Gasteiger partial charge in [-0.3, -0.25) is 0 Å². The Morgan fingerprint density at radius 2 is 2.15 bits per heavy atom. The fourth-order valence-electron chi connectivity index (χ4n) is 3.41. The zero-order valence-electron chi connectivity index (χ0n) is 12.3. The fraction of sp³-hybridized carbons (Fsp3) is 0.625. The topological polar surface area (TPSA) is 50.1 Å². The summed E-state index contributed by atoms with van der Waals surface area (Å²) in [6, 6.07) is 8.62. The van der Waals surface area contributed by atoms with Gasteiger partial charge in [0.25, 0.3) is 0 Å². The van der Waals surface area contributed by atoms with Crippen molar-refractivity contribution >= 4 is 11.6 Å². The maximum absolute atomic E-state index is 6.46. The van der Waals surface area contributed by atoms with Crippen LogP contribution in [0.15, 0.2) is 24.3 Å². The van der Waals surface area contributed by atoms with Crippen molar-refractivity contribution in [2.45, 2.75) is 43.7 Å². The van der Waals surface area contributed by atoms with E-state index in [9.17, 15) is 0 Å². The van der Waals surface area contributed by atoms with Crippen LogP contribution in [0.25, 0.3) is 0 Å². The first kappa shape index (κ1) is 15.8. The first-order chi connectivity index (χ1) is 9.74. The fourth-order valence-corrected chi connectivity index (χ4v) is 3.71. The number of hydrogen-bond donors (Lipinski definition) is 3. The van der Waals surface area contributed by atoms with Crippen molar-refractivity contribution in [1.82, 2.24) is 10.6 Å². The molecule has 4 heteroatoms. The molecule has 112 valence electrons. The molecule has 1 aromatic rings. The predicted octanol–water partition coefficient (Wildman–Crippen LogP) is 2.64. The molecule has 0 amide bonds. The quantitative estimate of drug-likeness (QED) is 0.707. The highest BCUT2D eigenvalue weighted by Crippen LogP contribution is 2.40. The molecule has 3 nitrogen and oxygen atoms in total. The van der Waals surface area contributed by atoms with Gasteiger partial charge in [-0.25, -0.2) is 0 Å². The summed E-state index contributed by atoms with van der Waals surface area (Å²) in [4.78, 5) is 0. The second-order valence-electron chi connectivity index (χ2n) is 5.60. The number of hydrogen-bond acceptors (Lipinski definition) is 3. The van der Waals surface area contributed by atoms with E-state index >= 15 is 0 Å². The minimum Gasteiger partial charge on any atom is -0.330 e. The molecule has 2 rings (SSSR count). The number of rotatable bonds is 6. The summed E-state index contributed by atoms with van der Waals surface area (Å²) in [6.45, 7) is 1.70. The van der Waals surface area contributed by atoms with Gasteiger partial charge in [0.05, 0.1) is 5.54 Å². The van der Waals surface area contributed by atoms with Crippen molar-refractivity contribution in [3.05, 3.63) is 34.9 Å². The molecular weight excluding hydrogens is 270 g/mol. The molecule has 2 atom stereocenters. The normalized spacial score (nSPS) is 26.6. The number of nitrogens with one attached hydrogen (secondary N) is 2. The van der Waals surface area contributed by atoms with E-state index in [1.165, 1.54) is 24.8 Å². The van der Waals surface area contributed by atoms with Crippen LogP contribution in [0.3, 0.4) is 0 Å². The Bertz CT molecular complexity index is 424. The minimum absolute atomic E-state index is 0.0643. The standard InChI is InChI=1S/C16H26ClN3/c1-19-16(13-7-2-3-8-14(13)17)10-5-4-9-15(16)20-12-6-11-18/h2-3,7-8,15,19-20H,4-6,9-12,18H2,1H3/t15-,16-/m0/s1. The number of halogens is 1. The average Bonchev–Trinajstić information content (AvgIpc) is 2.49. The van der Waals surface area contributed by atoms with Crippen LogP contribution >= 0.6 is 11.6 Å². The molecule has 0 aliphatic heterocycles. The summed E-state index contributed by atoms with van der Waals surface area (Å²) in [5, 5.41) is 8.12. The lowest BCUT2D eigenvalue weighted by Gasteiger charge is -2.45. The summed E-state index contributed by atoms with van der Waals surface area (Å²) >= 11 is 6.46. The van der Waals surface area contributed by atoms with Gasteiger partial charge >= 0.3 is 0 Å². The third-order valence-corrected chi connectivity index (χ3v) is 4.81. The summed E-state index contributed by atoms with van der Waals surface area (Å²) in [7, 11) is 2.05. The van der Waals surface area contributed by atoms with Gasteiger partial charge in [0, 0.05) is 11.1 Å². The predicted molar refractivity (Wildman–Crippen MR) is 86.1 cm³/mol. The molecule has 1 aliphatic carbocycles. The Labute approximate surface area is 127 Å². The van der Waals surface area contributed by atoms with Crippen molar-refractivity contribution in [3.8, 4) is 0 Å². The summed E-state index contributed by atoms with van der Waals surface area (Å²) in [5.74, 6) is 0. The van der Waals surface area contributed by atoms with Crippen LogP contribution in [0, 0.1) is 0 Å². The van der Waals surface area contributed by atoms with Crippen LogP contribution in [-0.4, -0.2) is 26.2 Å². The smallest absolute Gasteiger partial charge is 0.0602 e. The Balaban J connectivity index is 2.26. The lowest BCUT2D eigenvalue weighted by Crippen LogP contribution is -2.58. The highest BCUT2D eigenvalue weighted by atomic mass is 35.5. The molecule has 0 spiro atoms. The van der Waals surface area contributed by atoms with Gasteiger partial charge in [-0.15, -0.1) is 0 Å². The monoisotopic (exact) mass is 295 g/mol. The van der Waals surface area contributed by atoms with E-state index in [4.69, 9.17) is 17.3 Å². The maximum Gasteiger partial charge on any atom is 0.0602 e. The second kappa shape index (κ2) is 7.41. The molecule has 1 fully saturated rings. The van der Waals surface area contributed by atoms with Gasteiger partial charge in [0.2, 0.25) is 0 Å². The summed E-state index contributed by atoms with van der Waals surface area (Å²) in [6.07, 6.45) is 5.82. The number of likely N-dealkylation sites (N-methyl/N-ethyl adjacent to an activating group) is 1. The highest BCUT2D eigenvalue weighted by Gasteiger charge is 2.41. The number of nitrogens with two attached hydrogens (primary N) is 1. The zero-order valence-corrected chi connectivity index (χ0v) is 13.0. The molecular formula is C16H26ClN3.